The molecule has 1 amide bonds. The predicted molar refractivity (Wildman–Crippen MR) is 88.1 cm³/mol. The van der Waals surface area contributed by atoms with Crippen LogP contribution in [0.15, 0.2) is 53.4 Å². The van der Waals surface area contributed by atoms with Crippen molar-refractivity contribution < 1.29 is 19.0 Å². The molecule has 0 fully saturated rings. The van der Waals surface area contributed by atoms with E-state index in [-0.39, 0.29) is 18.9 Å². The summed E-state index contributed by atoms with van der Waals surface area (Å²) in [5, 5.41) is 12.6. The zero-order valence-corrected chi connectivity index (χ0v) is 13.5. The summed E-state index contributed by atoms with van der Waals surface area (Å²) < 4.78 is 18.4. The molecule has 0 saturated carbocycles. The van der Waals surface area contributed by atoms with Gasteiger partial charge in [0.15, 0.2) is 18.2 Å². The van der Waals surface area contributed by atoms with Crippen molar-refractivity contribution >= 4 is 17.7 Å². The lowest BCUT2D eigenvalue weighted by atomic mass is 10.1. The van der Waals surface area contributed by atoms with Crippen LogP contribution in [0.1, 0.15) is 11.7 Å². The number of para-hydroxylation sites is 1. The monoisotopic (exact) mass is 335 g/mol. The summed E-state index contributed by atoms with van der Waals surface area (Å²) in [5.41, 5.74) is 0.720. The first-order chi connectivity index (χ1) is 11.1. The maximum Gasteiger partial charge on any atom is 0.258 e. The largest absolute Gasteiger partial charge is 0.481 e. The van der Waals surface area contributed by atoms with E-state index in [9.17, 15) is 14.3 Å². The number of carbonyl (C=O) groups excluding carboxylic acids is 1. The number of halogens is 1. The van der Waals surface area contributed by atoms with Crippen LogP contribution in [0.2, 0.25) is 0 Å². The molecule has 0 radical (unpaired) electrons. The average Bonchev–Trinajstić information content (AvgIpc) is 2.59. The molecular weight excluding hydrogens is 317 g/mol. The minimum Gasteiger partial charge on any atom is -0.481 e. The Hall–Kier alpha value is -2.05. The third-order valence-corrected chi connectivity index (χ3v) is 3.93. The van der Waals surface area contributed by atoms with Crippen LogP contribution >= 0.6 is 11.8 Å². The van der Waals surface area contributed by atoms with Crippen molar-refractivity contribution in [3.05, 3.63) is 59.9 Å². The molecular formula is C17H18FNO3S. The molecule has 2 aromatic rings. The van der Waals surface area contributed by atoms with Gasteiger partial charge in [0, 0.05) is 11.4 Å². The van der Waals surface area contributed by atoms with E-state index in [1.54, 1.807) is 23.9 Å². The van der Waals surface area contributed by atoms with Crippen LogP contribution in [0.4, 0.5) is 4.39 Å². The van der Waals surface area contributed by atoms with Gasteiger partial charge in [-0.2, -0.15) is 0 Å². The summed E-state index contributed by atoms with van der Waals surface area (Å²) >= 11 is 1.61. The van der Waals surface area contributed by atoms with Crippen molar-refractivity contribution in [3.8, 4) is 5.75 Å². The summed E-state index contributed by atoms with van der Waals surface area (Å²) in [4.78, 5) is 12.8. The van der Waals surface area contributed by atoms with Gasteiger partial charge >= 0.3 is 0 Å². The van der Waals surface area contributed by atoms with Gasteiger partial charge in [0.25, 0.3) is 5.91 Å². The molecule has 23 heavy (non-hydrogen) atoms. The van der Waals surface area contributed by atoms with Crippen molar-refractivity contribution in [3.63, 3.8) is 0 Å². The zero-order valence-electron chi connectivity index (χ0n) is 12.7. The highest BCUT2D eigenvalue weighted by Crippen LogP contribution is 2.19. The van der Waals surface area contributed by atoms with E-state index in [0.717, 1.165) is 10.5 Å². The van der Waals surface area contributed by atoms with Gasteiger partial charge in [-0.15, -0.1) is 11.8 Å². The molecule has 2 aromatic carbocycles. The van der Waals surface area contributed by atoms with Crippen molar-refractivity contribution in [2.24, 2.45) is 0 Å². The Labute approximate surface area is 138 Å². The lowest BCUT2D eigenvalue weighted by molar-refractivity contribution is -0.123. The van der Waals surface area contributed by atoms with Gasteiger partial charge in [-0.25, -0.2) is 4.39 Å². The van der Waals surface area contributed by atoms with E-state index in [1.165, 1.54) is 12.1 Å². The number of hydrogen-bond donors (Lipinski definition) is 2. The standard InChI is InChI=1S/C17H18FNO3S/c1-23-13-8-6-12(7-9-13)15(20)10-19-17(21)11-22-16-5-3-2-4-14(16)18/h2-9,15,20H,10-11H2,1H3,(H,19,21). The molecule has 0 heterocycles. The second-order valence-electron chi connectivity index (χ2n) is 4.81. The molecule has 0 bridgehead atoms. The van der Waals surface area contributed by atoms with Gasteiger partial charge in [-0.1, -0.05) is 24.3 Å². The summed E-state index contributed by atoms with van der Waals surface area (Å²) in [6.07, 6.45) is 1.17. The van der Waals surface area contributed by atoms with Crippen LogP contribution < -0.4 is 10.1 Å². The van der Waals surface area contributed by atoms with Crippen LogP contribution in [-0.4, -0.2) is 30.4 Å². The Bertz CT molecular complexity index is 649. The van der Waals surface area contributed by atoms with Crippen molar-refractivity contribution in [2.75, 3.05) is 19.4 Å². The van der Waals surface area contributed by atoms with Crippen LogP contribution in [-0.2, 0) is 4.79 Å². The Morgan fingerprint density at radius 1 is 1.26 bits per heavy atom. The maximum atomic E-state index is 13.3. The quantitative estimate of drug-likeness (QED) is 0.764. The fraction of sp³-hybridized carbons (Fsp3) is 0.235. The molecule has 0 spiro atoms. The Morgan fingerprint density at radius 3 is 2.61 bits per heavy atom. The van der Waals surface area contributed by atoms with Crippen LogP contribution in [0.5, 0.6) is 5.75 Å². The highest BCUT2D eigenvalue weighted by atomic mass is 32.2. The van der Waals surface area contributed by atoms with E-state index in [0.29, 0.717) is 0 Å². The molecule has 0 aliphatic rings. The number of nitrogens with one attached hydrogen (secondary N) is 1. The third-order valence-electron chi connectivity index (χ3n) is 3.19. The van der Waals surface area contributed by atoms with Crippen LogP contribution in [0, 0.1) is 5.82 Å². The summed E-state index contributed by atoms with van der Waals surface area (Å²) in [7, 11) is 0. The first kappa shape index (κ1) is 17.3. The number of aliphatic hydroxyl groups excluding tert-OH is 1. The SMILES string of the molecule is CSc1ccc(C(O)CNC(=O)COc2ccccc2F)cc1. The number of aliphatic hydroxyl groups is 1. The van der Waals surface area contributed by atoms with E-state index in [2.05, 4.69) is 5.32 Å². The second-order valence-corrected chi connectivity index (χ2v) is 5.69. The van der Waals surface area contributed by atoms with Crippen molar-refractivity contribution in [1.29, 1.82) is 0 Å². The van der Waals surface area contributed by atoms with Gasteiger partial charge in [-0.3, -0.25) is 4.79 Å². The number of ether oxygens (including phenoxy) is 1. The second kappa shape index (κ2) is 8.55. The smallest absolute Gasteiger partial charge is 0.258 e. The Kier molecular flexibility index (Phi) is 6.43. The molecule has 0 saturated heterocycles. The van der Waals surface area contributed by atoms with Gasteiger partial charge in [0.1, 0.15) is 0 Å². The van der Waals surface area contributed by atoms with E-state index in [4.69, 9.17) is 4.74 Å². The lowest BCUT2D eigenvalue weighted by Gasteiger charge is -2.13. The van der Waals surface area contributed by atoms with Crippen molar-refractivity contribution in [1.82, 2.24) is 5.32 Å². The van der Waals surface area contributed by atoms with Gasteiger partial charge in [-0.05, 0) is 36.1 Å². The molecule has 2 rings (SSSR count). The molecule has 2 N–H and O–H groups in total. The number of carbonyl (C=O) groups is 1. The fourth-order valence-corrected chi connectivity index (χ4v) is 2.32. The number of hydrogen-bond acceptors (Lipinski definition) is 4. The highest BCUT2D eigenvalue weighted by Gasteiger charge is 2.11. The normalized spacial score (nSPS) is 11.8. The molecule has 1 unspecified atom stereocenters. The Morgan fingerprint density at radius 2 is 1.96 bits per heavy atom. The topological polar surface area (TPSA) is 58.6 Å². The Balaban J connectivity index is 1.78. The number of thioether (sulfide) groups is 1. The molecule has 122 valence electrons. The molecule has 0 aromatic heterocycles. The van der Waals surface area contributed by atoms with Crippen molar-refractivity contribution in [2.45, 2.75) is 11.0 Å². The van der Waals surface area contributed by atoms with E-state index < -0.39 is 17.8 Å². The lowest BCUT2D eigenvalue weighted by Crippen LogP contribution is -2.32. The first-order valence-corrected chi connectivity index (χ1v) is 8.28. The highest BCUT2D eigenvalue weighted by molar-refractivity contribution is 7.98. The number of rotatable bonds is 7. The minimum absolute atomic E-state index is 0.0239. The fourth-order valence-electron chi connectivity index (χ4n) is 1.91. The van der Waals surface area contributed by atoms with E-state index >= 15 is 0 Å². The number of benzene rings is 2. The van der Waals surface area contributed by atoms with E-state index in [1.807, 2.05) is 30.5 Å². The summed E-state index contributed by atoms with van der Waals surface area (Å²) in [6.45, 7) is -0.239. The van der Waals surface area contributed by atoms with Gasteiger partial charge < -0.3 is 15.2 Å². The van der Waals surface area contributed by atoms with Crippen LogP contribution in [0.3, 0.4) is 0 Å². The minimum atomic E-state index is -0.802. The van der Waals surface area contributed by atoms with Gasteiger partial charge in [0.2, 0.25) is 0 Å². The van der Waals surface area contributed by atoms with Crippen LogP contribution in [0.25, 0.3) is 0 Å². The molecule has 4 nitrogen and oxygen atoms in total. The van der Waals surface area contributed by atoms with Gasteiger partial charge in [0.05, 0.1) is 6.10 Å². The molecule has 6 heteroatoms. The molecule has 0 aliphatic carbocycles. The molecule has 1 atom stereocenters. The summed E-state index contributed by atoms with van der Waals surface area (Å²) in [6, 6.07) is 13.3. The third kappa shape index (κ3) is 5.26. The predicted octanol–water partition coefficient (Wildman–Crippen LogP) is 2.78. The first-order valence-electron chi connectivity index (χ1n) is 7.06. The maximum absolute atomic E-state index is 13.3. The molecule has 0 aliphatic heterocycles. The summed E-state index contributed by atoms with van der Waals surface area (Å²) in [5.74, 6) is -0.918. The average molecular weight is 335 g/mol. The zero-order chi connectivity index (χ0) is 16.7. The number of amides is 1.